The first-order valence-corrected chi connectivity index (χ1v) is 22.2. The summed E-state index contributed by atoms with van der Waals surface area (Å²) in [7, 11) is 0. The fourth-order valence-corrected chi connectivity index (χ4v) is 7.16. The van der Waals surface area contributed by atoms with Crippen molar-refractivity contribution in [1.29, 1.82) is 0 Å². The molecule has 0 saturated heterocycles. The van der Waals surface area contributed by atoms with Gasteiger partial charge in [0, 0.05) is 0 Å². The third-order valence-electron chi connectivity index (χ3n) is 10.4. The molecular formula is C50H78N6. The smallest absolute Gasteiger partial charge is 0.000664 e. The van der Waals surface area contributed by atoms with Crippen LogP contribution in [0.4, 0.5) is 0 Å². The summed E-state index contributed by atoms with van der Waals surface area (Å²) in [4.78, 5) is 5.23. The molecule has 4 aromatic carbocycles. The van der Waals surface area contributed by atoms with Crippen LogP contribution in [-0.2, 0) is 25.7 Å². The van der Waals surface area contributed by atoms with E-state index < -0.39 is 0 Å². The second-order valence-electron chi connectivity index (χ2n) is 15.2. The number of hydrogen-bond donors (Lipinski definition) is 4. The van der Waals surface area contributed by atoms with Crippen molar-refractivity contribution in [2.75, 3.05) is 78.5 Å². The predicted octanol–water partition coefficient (Wildman–Crippen LogP) is 8.55. The molecule has 0 aliphatic heterocycles. The monoisotopic (exact) mass is 763 g/mol. The van der Waals surface area contributed by atoms with Gasteiger partial charge in [-0.25, -0.2) is 0 Å². The van der Waals surface area contributed by atoms with Crippen molar-refractivity contribution < 1.29 is 0 Å². The molecule has 4 rings (SSSR count). The van der Waals surface area contributed by atoms with E-state index in [2.05, 4.69) is 142 Å². The number of nitrogens with zero attached hydrogens (tertiary/aromatic N) is 2. The first-order chi connectivity index (χ1) is 27.8. The highest BCUT2D eigenvalue weighted by molar-refractivity contribution is 5.16. The van der Waals surface area contributed by atoms with Gasteiger partial charge in [-0.3, -0.25) is 0 Å². The van der Waals surface area contributed by atoms with Gasteiger partial charge in [-0.05, 0) is 191 Å². The van der Waals surface area contributed by atoms with E-state index in [9.17, 15) is 0 Å². The number of nitrogens with two attached hydrogens (primary N) is 2. The molecule has 6 nitrogen and oxygen atoms in total. The normalized spacial score (nSPS) is 11.2. The second kappa shape index (κ2) is 33.7. The summed E-state index contributed by atoms with van der Waals surface area (Å²) in [6.07, 6.45) is 16.7. The van der Waals surface area contributed by atoms with Crippen molar-refractivity contribution in [2.45, 2.75) is 89.9 Å². The number of aryl methyl sites for hydroxylation is 4. The van der Waals surface area contributed by atoms with Crippen LogP contribution in [-0.4, -0.2) is 88.3 Å². The second-order valence-corrected chi connectivity index (χ2v) is 15.2. The fourth-order valence-electron chi connectivity index (χ4n) is 7.16. The molecule has 0 atom stereocenters. The molecule has 0 aliphatic carbocycles. The number of rotatable bonds is 32. The Bertz CT molecular complexity index is 1390. The third-order valence-corrected chi connectivity index (χ3v) is 10.4. The van der Waals surface area contributed by atoms with E-state index in [0.717, 1.165) is 58.7 Å². The van der Waals surface area contributed by atoms with Gasteiger partial charge in [0.1, 0.15) is 0 Å². The topological polar surface area (TPSA) is 82.6 Å². The number of benzene rings is 4. The lowest BCUT2D eigenvalue weighted by molar-refractivity contribution is 0.261. The summed E-state index contributed by atoms with van der Waals surface area (Å²) in [6.45, 7) is 13.1. The highest BCUT2D eigenvalue weighted by atomic mass is 15.1. The van der Waals surface area contributed by atoms with Gasteiger partial charge in [0.2, 0.25) is 0 Å². The molecule has 56 heavy (non-hydrogen) atoms. The Kier molecular flexibility index (Phi) is 28.3. The Balaban J connectivity index is 0.000000300. The molecule has 6 N–H and O–H groups in total. The van der Waals surface area contributed by atoms with Crippen LogP contribution in [0.25, 0.3) is 0 Å². The summed E-state index contributed by atoms with van der Waals surface area (Å²) in [6, 6.07) is 43.2. The zero-order valence-electron chi connectivity index (χ0n) is 35.0. The van der Waals surface area contributed by atoms with Crippen LogP contribution in [0.15, 0.2) is 121 Å². The van der Waals surface area contributed by atoms with Crippen molar-refractivity contribution in [3.63, 3.8) is 0 Å². The van der Waals surface area contributed by atoms with Crippen molar-refractivity contribution >= 4 is 0 Å². The molecule has 0 aromatic heterocycles. The average Bonchev–Trinajstić information content (AvgIpc) is 3.24. The molecule has 0 aliphatic rings. The molecule has 308 valence electrons. The van der Waals surface area contributed by atoms with Gasteiger partial charge in [-0.1, -0.05) is 121 Å². The molecule has 0 radical (unpaired) electrons. The molecule has 0 unspecified atom stereocenters. The summed E-state index contributed by atoms with van der Waals surface area (Å²) < 4.78 is 0. The van der Waals surface area contributed by atoms with E-state index in [-0.39, 0.29) is 0 Å². The quantitative estimate of drug-likeness (QED) is 0.0374. The van der Waals surface area contributed by atoms with Crippen molar-refractivity contribution in [3.8, 4) is 0 Å². The molecule has 4 aromatic rings. The van der Waals surface area contributed by atoms with E-state index in [1.54, 1.807) is 0 Å². The molecule has 0 bridgehead atoms. The zero-order valence-corrected chi connectivity index (χ0v) is 35.0. The molecule has 0 fully saturated rings. The maximum absolute atomic E-state index is 5.72. The number of hydrogen-bond acceptors (Lipinski definition) is 6. The van der Waals surface area contributed by atoms with Crippen LogP contribution in [0.5, 0.6) is 0 Å². The van der Waals surface area contributed by atoms with Crippen LogP contribution in [0.3, 0.4) is 0 Å². The number of nitrogens with one attached hydrogen (secondary N) is 2. The van der Waals surface area contributed by atoms with Gasteiger partial charge in [0.05, 0.1) is 0 Å². The Hall–Kier alpha value is -3.36. The maximum atomic E-state index is 5.72. The van der Waals surface area contributed by atoms with E-state index in [1.165, 1.54) is 132 Å². The Morgan fingerprint density at radius 1 is 0.304 bits per heavy atom. The Labute approximate surface area is 342 Å². The predicted molar refractivity (Wildman–Crippen MR) is 243 cm³/mol. The minimum Gasteiger partial charge on any atom is -0.330 e. The van der Waals surface area contributed by atoms with Crippen molar-refractivity contribution in [2.24, 2.45) is 11.5 Å². The lowest BCUT2D eigenvalue weighted by Gasteiger charge is -2.22. The largest absolute Gasteiger partial charge is 0.330 e. The highest BCUT2D eigenvalue weighted by Gasteiger charge is 2.06. The summed E-state index contributed by atoms with van der Waals surface area (Å²) in [5.74, 6) is 0. The SMILES string of the molecule is NCCCCN(CCCNCCCc1ccccc1)CCCc1ccccc1.NCCCN(CCCCNCCCc1ccccc1)CCCc1ccccc1. The summed E-state index contributed by atoms with van der Waals surface area (Å²) >= 11 is 0. The molecule has 0 amide bonds. The van der Waals surface area contributed by atoms with Crippen LogP contribution in [0.1, 0.15) is 86.5 Å². The third kappa shape index (κ3) is 25.0. The molecule has 0 heterocycles. The van der Waals surface area contributed by atoms with Gasteiger partial charge in [0.15, 0.2) is 0 Å². The van der Waals surface area contributed by atoms with E-state index in [4.69, 9.17) is 11.5 Å². The first kappa shape index (κ1) is 47.0. The highest BCUT2D eigenvalue weighted by Crippen LogP contribution is 2.08. The standard InChI is InChI=1S/2C25H39N3/c26-18-11-23-28(22-10-17-25-14-5-2-6-15-25)21-8-7-19-27-20-9-16-24-12-3-1-4-13-24;26-18-7-8-21-28(22-10-17-25-14-5-2-6-15-25)23-11-20-27-19-9-16-24-12-3-1-4-13-24/h2*1-6,12-15,27H,7-11,16-23,26H2. The average molecular weight is 763 g/mol. The molecule has 0 spiro atoms. The fraction of sp³-hybridized carbons (Fsp3) is 0.520. The minimum absolute atomic E-state index is 0.790. The maximum Gasteiger partial charge on any atom is -0.000664 e. The minimum atomic E-state index is 0.790. The first-order valence-electron chi connectivity index (χ1n) is 22.2. The Morgan fingerprint density at radius 3 is 1.02 bits per heavy atom. The van der Waals surface area contributed by atoms with Gasteiger partial charge < -0.3 is 31.9 Å². The lowest BCUT2D eigenvalue weighted by Crippen LogP contribution is -2.30. The van der Waals surface area contributed by atoms with Crippen LogP contribution < -0.4 is 22.1 Å². The van der Waals surface area contributed by atoms with Gasteiger partial charge in [-0.2, -0.15) is 0 Å². The van der Waals surface area contributed by atoms with E-state index in [1.807, 2.05) is 0 Å². The zero-order chi connectivity index (χ0) is 39.4. The van der Waals surface area contributed by atoms with Crippen molar-refractivity contribution in [3.05, 3.63) is 144 Å². The van der Waals surface area contributed by atoms with Gasteiger partial charge >= 0.3 is 0 Å². The van der Waals surface area contributed by atoms with Gasteiger partial charge in [-0.15, -0.1) is 0 Å². The van der Waals surface area contributed by atoms with Crippen LogP contribution in [0.2, 0.25) is 0 Å². The van der Waals surface area contributed by atoms with Gasteiger partial charge in [0.25, 0.3) is 0 Å². The summed E-state index contributed by atoms with van der Waals surface area (Å²) in [5, 5.41) is 7.21. The van der Waals surface area contributed by atoms with E-state index in [0.29, 0.717) is 0 Å². The Morgan fingerprint density at radius 2 is 0.607 bits per heavy atom. The molecule has 0 saturated carbocycles. The van der Waals surface area contributed by atoms with Crippen molar-refractivity contribution in [1.82, 2.24) is 20.4 Å². The number of unbranched alkanes of at least 4 members (excludes halogenated alkanes) is 2. The van der Waals surface area contributed by atoms with Crippen LogP contribution >= 0.6 is 0 Å². The molecular weight excluding hydrogens is 685 g/mol. The molecule has 6 heteroatoms. The summed E-state index contributed by atoms with van der Waals surface area (Å²) in [5.41, 5.74) is 17.2. The van der Waals surface area contributed by atoms with Crippen LogP contribution in [0, 0.1) is 0 Å². The van der Waals surface area contributed by atoms with E-state index >= 15 is 0 Å². The lowest BCUT2D eigenvalue weighted by atomic mass is 10.1.